The van der Waals surface area contributed by atoms with Crippen LogP contribution in [0.2, 0.25) is 0 Å². The Labute approximate surface area is 53.6 Å². The lowest BCUT2D eigenvalue weighted by Gasteiger charge is -1.76. The van der Waals surface area contributed by atoms with E-state index in [9.17, 15) is 0 Å². The predicted molar refractivity (Wildman–Crippen MR) is 41.1 cm³/mol. The smallest absolute Gasteiger partial charge is 0.0353 e. The molecule has 0 rings (SSSR count). The van der Waals surface area contributed by atoms with Crippen molar-refractivity contribution in [3.05, 3.63) is 12.2 Å². The van der Waals surface area contributed by atoms with Crippen LogP contribution in [-0.4, -0.2) is 0 Å². The van der Waals surface area contributed by atoms with Crippen molar-refractivity contribution in [3.63, 3.8) is 0 Å². The van der Waals surface area contributed by atoms with E-state index in [1.165, 1.54) is 12.8 Å². The number of unbranched alkanes of at least 4 members (excludes halogenated alkanes) is 1. The minimum Gasteiger partial charge on any atom is -0.0917 e. The fourth-order valence-electron chi connectivity index (χ4n) is 0.333. The Kier molecular flexibility index (Phi) is 21.2. The average molecular weight is 114 g/mol. The maximum Gasteiger partial charge on any atom is -0.0353 e. The lowest BCUT2D eigenvalue weighted by molar-refractivity contribution is 0.957. The molecule has 0 aromatic rings. The van der Waals surface area contributed by atoms with Crippen molar-refractivity contribution >= 4 is 0 Å². The van der Waals surface area contributed by atoms with Crippen molar-refractivity contribution in [2.45, 2.75) is 40.5 Å². The summed E-state index contributed by atoms with van der Waals surface area (Å²) < 4.78 is 0. The summed E-state index contributed by atoms with van der Waals surface area (Å²) in [5.41, 5.74) is 0. The normalized spacial score (nSPS) is 8.50. The van der Waals surface area contributed by atoms with E-state index >= 15 is 0 Å². The second-order valence-corrected chi connectivity index (χ2v) is 1.36. The molecule has 0 N–H and O–H groups in total. The van der Waals surface area contributed by atoms with Gasteiger partial charge in [0.05, 0.1) is 0 Å². The standard InChI is InChI=1S/C6H12.C2H6/c1-3-5-6-4-2;1-2/h3,5H,4,6H2,1-2H3;1-2H3/b5-3+;. The van der Waals surface area contributed by atoms with Crippen LogP contribution in [0.15, 0.2) is 12.2 Å². The molecule has 0 aliphatic rings. The van der Waals surface area contributed by atoms with Gasteiger partial charge in [0, 0.05) is 0 Å². The first kappa shape index (κ1) is 10.7. The molecule has 0 aliphatic carbocycles. The molecule has 8 heavy (non-hydrogen) atoms. The van der Waals surface area contributed by atoms with Crippen molar-refractivity contribution < 1.29 is 0 Å². The van der Waals surface area contributed by atoms with Gasteiger partial charge in [-0.05, 0) is 13.3 Å². The second kappa shape index (κ2) is 15.9. The van der Waals surface area contributed by atoms with Crippen LogP contribution in [-0.2, 0) is 0 Å². The molecule has 0 atom stereocenters. The van der Waals surface area contributed by atoms with Gasteiger partial charge in [-0.25, -0.2) is 0 Å². The van der Waals surface area contributed by atoms with Crippen molar-refractivity contribution in [2.75, 3.05) is 0 Å². The number of hydrogen-bond donors (Lipinski definition) is 0. The minimum atomic E-state index is 1.23. The topological polar surface area (TPSA) is 0 Å². The Hall–Kier alpha value is -0.260. The third-order valence-electron chi connectivity index (χ3n) is 0.691. The van der Waals surface area contributed by atoms with Crippen LogP contribution in [0.25, 0.3) is 0 Å². The molecule has 0 unspecified atom stereocenters. The van der Waals surface area contributed by atoms with Gasteiger partial charge < -0.3 is 0 Å². The van der Waals surface area contributed by atoms with Crippen LogP contribution in [0.5, 0.6) is 0 Å². The van der Waals surface area contributed by atoms with Gasteiger partial charge in [0.25, 0.3) is 0 Å². The Morgan fingerprint density at radius 1 is 1.25 bits per heavy atom. The first-order chi connectivity index (χ1) is 3.91. The zero-order chi connectivity index (χ0) is 6.83. The highest BCUT2D eigenvalue weighted by Crippen LogP contribution is 1.85. The summed E-state index contributed by atoms with van der Waals surface area (Å²) in [7, 11) is 0. The molecule has 0 bridgehead atoms. The largest absolute Gasteiger partial charge is 0.0917 e. The molecule has 0 amide bonds. The highest BCUT2D eigenvalue weighted by atomic mass is 13.7. The summed E-state index contributed by atoms with van der Waals surface area (Å²) >= 11 is 0. The maximum atomic E-state index is 2.18. The van der Waals surface area contributed by atoms with Gasteiger partial charge >= 0.3 is 0 Å². The Morgan fingerprint density at radius 2 is 1.75 bits per heavy atom. The van der Waals surface area contributed by atoms with Gasteiger partial charge in [0.1, 0.15) is 0 Å². The SMILES string of the molecule is C/C=C/CCC.CC. The lowest BCUT2D eigenvalue weighted by atomic mass is 10.3. The molecule has 0 nitrogen and oxygen atoms in total. The Balaban J connectivity index is 0. The van der Waals surface area contributed by atoms with Crippen LogP contribution in [0.3, 0.4) is 0 Å². The van der Waals surface area contributed by atoms with E-state index in [-0.39, 0.29) is 0 Å². The van der Waals surface area contributed by atoms with E-state index in [0.29, 0.717) is 0 Å². The van der Waals surface area contributed by atoms with Crippen LogP contribution < -0.4 is 0 Å². The van der Waals surface area contributed by atoms with E-state index in [2.05, 4.69) is 26.0 Å². The third-order valence-corrected chi connectivity index (χ3v) is 0.691. The first-order valence-corrected chi connectivity index (χ1v) is 3.53. The molecular formula is C8H18. The van der Waals surface area contributed by atoms with Gasteiger partial charge in [0.2, 0.25) is 0 Å². The molecule has 0 spiro atoms. The summed E-state index contributed by atoms with van der Waals surface area (Å²) in [5.74, 6) is 0. The van der Waals surface area contributed by atoms with Crippen LogP contribution in [0, 0.1) is 0 Å². The van der Waals surface area contributed by atoms with Gasteiger partial charge in [-0.15, -0.1) is 0 Å². The van der Waals surface area contributed by atoms with Gasteiger partial charge in [-0.2, -0.15) is 0 Å². The molecular weight excluding hydrogens is 96.1 g/mol. The third kappa shape index (κ3) is 17.2. The molecule has 0 aromatic carbocycles. The first-order valence-electron chi connectivity index (χ1n) is 3.53. The molecule has 0 radical (unpaired) electrons. The van der Waals surface area contributed by atoms with Crippen molar-refractivity contribution in [1.82, 2.24) is 0 Å². The minimum absolute atomic E-state index is 1.23. The molecule has 0 heterocycles. The van der Waals surface area contributed by atoms with Crippen LogP contribution in [0.1, 0.15) is 40.5 Å². The predicted octanol–water partition coefficient (Wildman–Crippen LogP) is 3.39. The molecule has 0 aliphatic heterocycles. The molecule has 0 aromatic heterocycles. The van der Waals surface area contributed by atoms with Gasteiger partial charge in [-0.3, -0.25) is 0 Å². The Morgan fingerprint density at radius 3 is 1.88 bits per heavy atom. The van der Waals surface area contributed by atoms with E-state index in [4.69, 9.17) is 0 Å². The second-order valence-electron chi connectivity index (χ2n) is 1.36. The van der Waals surface area contributed by atoms with Crippen LogP contribution >= 0.6 is 0 Å². The molecule has 0 fully saturated rings. The van der Waals surface area contributed by atoms with E-state index < -0.39 is 0 Å². The van der Waals surface area contributed by atoms with Crippen LogP contribution in [0.4, 0.5) is 0 Å². The average Bonchev–Trinajstić information content (AvgIpc) is 1.88. The fourth-order valence-corrected chi connectivity index (χ4v) is 0.333. The molecule has 0 saturated carbocycles. The summed E-state index contributed by atoms with van der Waals surface area (Å²) in [5, 5.41) is 0. The number of hydrogen-bond acceptors (Lipinski definition) is 0. The highest BCUT2D eigenvalue weighted by Gasteiger charge is 1.64. The monoisotopic (exact) mass is 114 g/mol. The van der Waals surface area contributed by atoms with E-state index in [1.807, 2.05) is 13.8 Å². The lowest BCUT2D eigenvalue weighted by Crippen LogP contribution is -1.55. The summed E-state index contributed by atoms with van der Waals surface area (Å²) in [6.07, 6.45) is 6.77. The Bertz CT molecular complexity index is 35.3. The molecule has 0 heteroatoms. The van der Waals surface area contributed by atoms with Gasteiger partial charge in [-0.1, -0.05) is 39.3 Å². The fraction of sp³-hybridized carbons (Fsp3) is 0.750. The molecule has 50 valence electrons. The quantitative estimate of drug-likeness (QED) is 0.483. The van der Waals surface area contributed by atoms with E-state index in [0.717, 1.165) is 0 Å². The zero-order valence-corrected chi connectivity index (χ0v) is 6.57. The van der Waals surface area contributed by atoms with Crippen molar-refractivity contribution in [3.8, 4) is 0 Å². The number of rotatable bonds is 2. The number of allylic oxidation sites excluding steroid dienone is 2. The van der Waals surface area contributed by atoms with Crippen molar-refractivity contribution in [1.29, 1.82) is 0 Å². The van der Waals surface area contributed by atoms with Crippen molar-refractivity contribution in [2.24, 2.45) is 0 Å². The summed E-state index contributed by atoms with van der Waals surface area (Å²) in [4.78, 5) is 0. The maximum absolute atomic E-state index is 2.18. The van der Waals surface area contributed by atoms with Gasteiger partial charge in [0.15, 0.2) is 0 Å². The summed E-state index contributed by atoms with van der Waals surface area (Å²) in [6.45, 7) is 8.23. The molecule has 0 saturated heterocycles. The highest BCUT2D eigenvalue weighted by molar-refractivity contribution is 4.75. The van der Waals surface area contributed by atoms with E-state index in [1.54, 1.807) is 0 Å². The zero-order valence-electron chi connectivity index (χ0n) is 6.57. The summed E-state index contributed by atoms with van der Waals surface area (Å²) in [6, 6.07) is 0.